The van der Waals surface area contributed by atoms with E-state index in [9.17, 15) is 0 Å². The van der Waals surface area contributed by atoms with E-state index in [1.54, 1.807) is 6.07 Å². The van der Waals surface area contributed by atoms with Gasteiger partial charge in [-0.2, -0.15) is 10.5 Å². The molecule has 0 amide bonds. The Balaban J connectivity index is 2.20. The molecule has 19 heavy (non-hydrogen) atoms. The first kappa shape index (κ1) is 12.7. The highest BCUT2D eigenvalue weighted by atomic mass is 16.5. The molecule has 2 aromatic rings. The molecule has 0 unspecified atom stereocenters. The Morgan fingerprint density at radius 2 is 1.68 bits per heavy atom. The number of nitrogens with zero attached hydrogens (tertiary/aromatic N) is 2. The van der Waals surface area contributed by atoms with Crippen LogP contribution in [0.15, 0.2) is 54.6 Å². The van der Waals surface area contributed by atoms with Crippen molar-refractivity contribution in [3.8, 4) is 23.6 Å². The van der Waals surface area contributed by atoms with Crippen LogP contribution in [0.25, 0.3) is 0 Å². The summed E-state index contributed by atoms with van der Waals surface area (Å²) in [6.07, 6.45) is 0.186. The summed E-state index contributed by atoms with van der Waals surface area (Å²) in [5.74, 6) is 1.000. The number of benzene rings is 2. The van der Waals surface area contributed by atoms with Gasteiger partial charge in [0.05, 0.1) is 24.5 Å². The molecule has 0 radical (unpaired) electrons. The van der Waals surface area contributed by atoms with Crippen LogP contribution in [-0.4, -0.2) is 0 Å². The van der Waals surface area contributed by atoms with Gasteiger partial charge in [-0.1, -0.05) is 30.3 Å². The largest absolute Gasteiger partial charge is 0.457 e. The summed E-state index contributed by atoms with van der Waals surface area (Å²) < 4.78 is 5.70. The summed E-state index contributed by atoms with van der Waals surface area (Å²) in [6, 6.07) is 20.9. The van der Waals surface area contributed by atoms with E-state index >= 15 is 0 Å². The van der Waals surface area contributed by atoms with Gasteiger partial charge in [0.15, 0.2) is 0 Å². The topological polar surface area (TPSA) is 56.8 Å². The zero-order valence-electron chi connectivity index (χ0n) is 10.3. The molecule has 1 atom stereocenters. The van der Waals surface area contributed by atoms with Gasteiger partial charge in [-0.15, -0.1) is 0 Å². The molecule has 3 nitrogen and oxygen atoms in total. The first-order valence-corrected chi connectivity index (χ1v) is 5.93. The molecule has 2 rings (SSSR count). The number of rotatable bonds is 4. The molecular weight excluding hydrogens is 236 g/mol. The van der Waals surface area contributed by atoms with E-state index in [0.29, 0.717) is 5.75 Å². The summed E-state index contributed by atoms with van der Waals surface area (Å²) >= 11 is 0. The van der Waals surface area contributed by atoms with Crippen LogP contribution >= 0.6 is 0 Å². The van der Waals surface area contributed by atoms with Gasteiger partial charge in [-0.05, 0) is 29.8 Å². The molecular formula is C16H12N2O. The highest BCUT2D eigenvalue weighted by Crippen LogP contribution is 2.26. The number of ether oxygens (including phenoxy) is 1. The Morgan fingerprint density at radius 1 is 0.947 bits per heavy atom. The molecule has 0 fully saturated rings. The Hall–Kier alpha value is -2.78. The molecule has 0 aromatic heterocycles. The quantitative estimate of drug-likeness (QED) is 0.821. The third-order valence-corrected chi connectivity index (χ3v) is 2.69. The van der Waals surface area contributed by atoms with Crippen LogP contribution in [0.5, 0.6) is 11.5 Å². The SMILES string of the molecule is N#CC[C@H](C#N)c1cccc(Oc2ccccc2)c1. The molecule has 0 aliphatic heterocycles. The lowest BCUT2D eigenvalue weighted by atomic mass is 9.98. The number of hydrogen-bond acceptors (Lipinski definition) is 3. The van der Waals surface area contributed by atoms with E-state index in [-0.39, 0.29) is 6.42 Å². The van der Waals surface area contributed by atoms with Crippen molar-refractivity contribution >= 4 is 0 Å². The van der Waals surface area contributed by atoms with Crippen molar-refractivity contribution in [3.63, 3.8) is 0 Å². The summed E-state index contributed by atoms with van der Waals surface area (Å²) in [6.45, 7) is 0. The normalized spacial score (nSPS) is 11.1. The molecule has 0 spiro atoms. The fourth-order valence-electron chi connectivity index (χ4n) is 1.75. The number of para-hydroxylation sites is 1. The van der Waals surface area contributed by atoms with Crippen molar-refractivity contribution in [3.05, 3.63) is 60.2 Å². The minimum Gasteiger partial charge on any atom is -0.457 e. The lowest BCUT2D eigenvalue weighted by Gasteiger charge is -2.09. The van der Waals surface area contributed by atoms with E-state index in [1.165, 1.54) is 0 Å². The molecule has 2 aromatic carbocycles. The van der Waals surface area contributed by atoms with Crippen LogP contribution in [0.2, 0.25) is 0 Å². The third kappa shape index (κ3) is 3.34. The van der Waals surface area contributed by atoms with Crippen LogP contribution in [0.1, 0.15) is 17.9 Å². The molecule has 3 heteroatoms. The van der Waals surface area contributed by atoms with E-state index in [2.05, 4.69) is 6.07 Å². The van der Waals surface area contributed by atoms with Crippen molar-refractivity contribution in [1.82, 2.24) is 0 Å². The summed E-state index contributed by atoms with van der Waals surface area (Å²) in [4.78, 5) is 0. The van der Waals surface area contributed by atoms with Crippen molar-refractivity contribution in [2.75, 3.05) is 0 Å². The summed E-state index contributed by atoms with van der Waals surface area (Å²) in [5.41, 5.74) is 0.803. The zero-order chi connectivity index (χ0) is 13.5. The number of nitriles is 2. The summed E-state index contributed by atoms with van der Waals surface area (Å²) in [5, 5.41) is 17.8. The van der Waals surface area contributed by atoms with Crippen molar-refractivity contribution in [2.24, 2.45) is 0 Å². The van der Waals surface area contributed by atoms with Crippen molar-refractivity contribution in [2.45, 2.75) is 12.3 Å². The van der Waals surface area contributed by atoms with Gasteiger partial charge in [0, 0.05) is 0 Å². The van der Waals surface area contributed by atoms with E-state index in [4.69, 9.17) is 15.3 Å². The van der Waals surface area contributed by atoms with Gasteiger partial charge in [-0.25, -0.2) is 0 Å². The molecule has 0 aliphatic rings. The second-order valence-corrected chi connectivity index (χ2v) is 4.03. The lowest BCUT2D eigenvalue weighted by Crippen LogP contribution is -1.95. The van der Waals surface area contributed by atoms with Gasteiger partial charge in [0.25, 0.3) is 0 Å². The maximum Gasteiger partial charge on any atom is 0.127 e. The molecule has 0 bridgehead atoms. The molecule has 92 valence electrons. The summed E-state index contributed by atoms with van der Waals surface area (Å²) in [7, 11) is 0. The first-order chi connectivity index (χ1) is 9.33. The third-order valence-electron chi connectivity index (χ3n) is 2.69. The average Bonchev–Trinajstić information content (AvgIpc) is 2.46. The van der Waals surface area contributed by atoms with E-state index in [1.807, 2.05) is 54.6 Å². The zero-order valence-corrected chi connectivity index (χ0v) is 10.3. The van der Waals surface area contributed by atoms with Gasteiger partial charge in [-0.3, -0.25) is 0 Å². The van der Waals surface area contributed by atoms with Gasteiger partial charge in [0.2, 0.25) is 0 Å². The van der Waals surface area contributed by atoms with Crippen LogP contribution < -0.4 is 4.74 Å². The van der Waals surface area contributed by atoms with Crippen LogP contribution in [0.4, 0.5) is 0 Å². The minimum absolute atomic E-state index is 0.186. The molecule has 0 N–H and O–H groups in total. The highest BCUT2D eigenvalue weighted by Gasteiger charge is 2.10. The fourth-order valence-corrected chi connectivity index (χ4v) is 1.75. The predicted octanol–water partition coefficient (Wildman–Crippen LogP) is 4.00. The van der Waals surface area contributed by atoms with Gasteiger partial charge in [0.1, 0.15) is 11.5 Å². The van der Waals surface area contributed by atoms with Crippen LogP contribution in [0.3, 0.4) is 0 Å². The van der Waals surface area contributed by atoms with Crippen LogP contribution in [0, 0.1) is 22.7 Å². The maximum absolute atomic E-state index is 9.05. The molecule has 0 saturated carbocycles. The second-order valence-electron chi connectivity index (χ2n) is 4.03. The Labute approximate surface area is 112 Å². The highest BCUT2D eigenvalue weighted by molar-refractivity contribution is 5.37. The second kappa shape index (κ2) is 6.23. The Kier molecular flexibility index (Phi) is 4.16. The first-order valence-electron chi connectivity index (χ1n) is 5.93. The minimum atomic E-state index is -0.413. The molecule has 0 heterocycles. The number of hydrogen-bond donors (Lipinski definition) is 0. The van der Waals surface area contributed by atoms with Crippen LogP contribution in [-0.2, 0) is 0 Å². The molecule has 0 aliphatic carbocycles. The van der Waals surface area contributed by atoms with Gasteiger partial charge < -0.3 is 4.74 Å². The Bertz CT molecular complexity index is 623. The molecule has 0 saturated heterocycles. The van der Waals surface area contributed by atoms with E-state index < -0.39 is 5.92 Å². The van der Waals surface area contributed by atoms with Crippen molar-refractivity contribution in [1.29, 1.82) is 10.5 Å². The maximum atomic E-state index is 9.05. The Morgan fingerprint density at radius 3 is 2.37 bits per heavy atom. The van der Waals surface area contributed by atoms with E-state index in [0.717, 1.165) is 11.3 Å². The smallest absolute Gasteiger partial charge is 0.127 e. The average molecular weight is 248 g/mol. The predicted molar refractivity (Wildman–Crippen MR) is 71.5 cm³/mol. The van der Waals surface area contributed by atoms with Gasteiger partial charge >= 0.3 is 0 Å². The standard InChI is InChI=1S/C16H12N2O/c17-10-9-14(12-18)13-5-4-8-16(11-13)19-15-6-2-1-3-7-15/h1-8,11,14H,9H2/t14-/m1/s1. The fraction of sp³-hybridized carbons (Fsp3) is 0.125. The lowest BCUT2D eigenvalue weighted by molar-refractivity contribution is 0.481. The monoisotopic (exact) mass is 248 g/mol. The van der Waals surface area contributed by atoms with Crippen molar-refractivity contribution < 1.29 is 4.74 Å².